The summed E-state index contributed by atoms with van der Waals surface area (Å²) in [6, 6.07) is 9.90. The molecule has 19 heavy (non-hydrogen) atoms. The van der Waals surface area contributed by atoms with Crippen LogP contribution in [-0.4, -0.2) is 16.9 Å². The summed E-state index contributed by atoms with van der Waals surface area (Å²) in [6.45, 7) is 2.05. The van der Waals surface area contributed by atoms with Crippen LogP contribution in [0, 0.1) is 17.3 Å². The molecular weight excluding hydrogens is 240 g/mol. The van der Waals surface area contributed by atoms with Crippen molar-refractivity contribution in [2.75, 3.05) is 0 Å². The molecule has 2 unspecified atom stereocenters. The fourth-order valence-corrected chi connectivity index (χ4v) is 4.35. The number of fused-ring (bicyclic) bond motifs is 1. The van der Waals surface area contributed by atoms with E-state index in [-0.39, 0.29) is 17.6 Å². The Morgan fingerprint density at radius 2 is 2.11 bits per heavy atom. The van der Waals surface area contributed by atoms with Gasteiger partial charge in [-0.05, 0) is 30.2 Å². The van der Waals surface area contributed by atoms with Gasteiger partial charge in [0.15, 0.2) is 0 Å². The Bertz CT molecular complexity index is 522. The van der Waals surface area contributed by atoms with Gasteiger partial charge in [0.2, 0.25) is 0 Å². The molecular formula is C16H18O3. The summed E-state index contributed by atoms with van der Waals surface area (Å²) in [6.07, 6.45) is 2.12. The van der Waals surface area contributed by atoms with Crippen molar-refractivity contribution in [2.45, 2.75) is 32.1 Å². The first-order valence-electron chi connectivity index (χ1n) is 6.95. The number of carboxylic acids is 1. The second kappa shape index (κ2) is 4.19. The van der Waals surface area contributed by atoms with Gasteiger partial charge >= 0.3 is 5.97 Å². The Labute approximate surface area is 112 Å². The van der Waals surface area contributed by atoms with Crippen LogP contribution in [0.2, 0.25) is 0 Å². The van der Waals surface area contributed by atoms with Crippen molar-refractivity contribution in [3.05, 3.63) is 35.9 Å². The van der Waals surface area contributed by atoms with Gasteiger partial charge < -0.3 is 5.11 Å². The van der Waals surface area contributed by atoms with Crippen molar-refractivity contribution in [3.8, 4) is 0 Å². The highest BCUT2D eigenvalue weighted by Gasteiger charge is 2.77. The quantitative estimate of drug-likeness (QED) is 0.903. The predicted molar refractivity (Wildman–Crippen MR) is 70.8 cm³/mol. The van der Waals surface area contributed by atoms with Gasteiger partial charge in [0, 0.05) is 6.42 Å². The van der Waals surface area contributed by atoms with Crippen LogP contribution in [0.1, 0.15) is 37.7 Å². The van der Waals surface area contributed by atoms with Crippen molar-refractivity contribution >= 4 is 11.8 Å². The number of aliphatic carboxylic acids is 1. The van der Waals surface area contributed by atoms with Gasteiger partial charge in [-0.25, -0.2) is 0 Å². The molecule has 1 N–H and O–H groups in total. The summed E-state index contributed by atoms with van der Waals surface area (Å²) >= 11 is 0. The normalized spacial score (nSPS) is 33.8. The highest BCUT2D eigenvalue weighted by Crippen LogP contribution is 2.72. The Morgan fingerprint density at radius 1 is 1.42 bits per heavy atom. The maximum absolute atomic E-state index is 12.4. The topological polar surface area (TPSA) is 54.4 Å². The number of hydrogen-bond acceptors (Lipinski definition) is 2. The molecule has 1 aromatic rings. The molecule has 0 amide bonds. The highest BCUT2D eigenvalue weighted by molar-refractivity contribution is 5.99. The third-order valence-electron chi connectivity index (χ3n) is 5.04. The lowest BCUT2D eigenvalue weighted by Crippen LogP contribution is -2.26. The van der Waals surface area contributed by atoms with E-state index in [1.54, 1.807) is 0 Å². The highest BCUT2D eigenvalue weighted by atomic mass is 16.4. The number of ketones is 1. The Hall–Kier alpha value is -1.64. The second-order valence-electron chi connectivity index (χ2n) is 5.69. The number of carboxylic acid groups (broad SMARTS) is 1. The van der Waals surface area contributed by atoms with Gasteiger partial charge in [-0.2, -0.15) is 0 Å². The molecule has 0 aliphatic heterocycles. The SMILES string of the molecule is CCC(c1ccccc1)[C@]12C(=O)CCC1[C@H]2C(=O)O. The van der Waals surface area contributed by atoms with Crippen LogP contribution < -0.4 is 0 Å². The fraction of sp³-hybridized carbons (Fsp3) is 0.500. The number of rotatable bonds is 4. The number of carbonyl (C=O) groups is 2. The standard InChI is InChI=1S/C16H18O3/c1-2-11(10-6-4-3-5-7-10)16-12(8-9-13(16)17)14(16)15(18)19/h3-7,11-12,14H,2,8-9H2,1H3,(H,18,19)/t11?,12?,14-,16+/m0/s1. The summed E-state index contributed by atoms with van der Waals surface area (Å²) in [5.41, 5.74) is 0.496. The molecule has 3 nitrogen and oxygen atoms in total. The summed E-state index contributed by atoms with van der Waals surface area (Å²) in [4.78, 5) is 23.8. The van der Waals surface area contributed by atoms with E-state index in [1.165, 1.54) is 0 Å². The van der Waals surface area contributed by atoms with Crippen molar-refractivity contribution < 1.29 is 14.7 Å². The van der Waals surface area contributed by atoms with E-state index in [2.05, 4.69) is 0 Å². The van der Waals surface area contributed by atoms with E-state index < -0.39 is 17.3 Å². The molecule has 0 spiro atoms. The zero-order valence-electron chi connectivity index (χ0n) is 11.0. The molecule has 0 radical (unpaired) electrons. The van der Waals surface area contributed by atoms with E-state index in [0.29, 0.717) is 6.42 Å². The average molecular weight is 258 g/mol. The molecule has 2 aliphatic rings. The third-order valence-corrected chi connectivity index (χ3v) is 5.04. The zero-order chi connectivity index (χ0) is 13.6. The first kappa shape index (κ1) is 12.4. The molecule has 3 heteroatoms. The summed E-state index contributed by atoms with van der Waals surface area (Å²) < 4.78 is 0. The van der Waals surface area contributed by atoms with E-state index in [4.69, 9.17) is 0 Å². The third kappa shape index (κ3) is 1.50. The monoisotopic (exact) mass is 258 g/mol. The minimum atomic E-state index is -0.799. The molecule has 2 saturated carbocycles. The van der Waals surface area contributed by atoms with Crippen LogP contribution in [0.5, 0.6) is 0 Å². The van der Waals surface area contributed by atoms with Crippen LogP contribution in [0.3, 0.4) is 0 Å². The molecule has 2 aliphatic carbocycles. The van der Waals surface area contributed by atoms with Crippen LogP contribution >= 0.6 is 0 Å². The zero-order valence-corrected chi connectivity index (χ0v) is 11.0. The van der Waals surface area contributed by atoms with Crippen LogP contribution in [-0.2, 0) is 9.59 Å². The molecule has 4 atom stereocenters. The molecule has 2 fully saturated rings. The van der Waals surface area contributed by atoms with Crippen molar-refractivity contribution in [2.24, 2.45) is 17.3 Å². The van der Waals surface area contributed by atoms with Crippen LogP contribution in [0.4, 0.5) is 0 Å². The summed E-state index contributed by atoms with van der Waals surface area (Å²) in [5.74, 6) is -0.982. The predicted octanol–water partition coefficient (Wildman–Crippen LogP) is 2.86. The molecule has 0 aromatic heterocycles. The summed E-state index contributed by atoms with van der Waals surface area (Å²) in [5, 5.41) is 9.38. The van der Waals surface area contributed by atoms with E-state index >= 15 is 0 Å². The van der Waals surface area contributed by atoms with E-state index in [1.807, 2.05) is 37.3 Å². The smallest absolute Gasteiger partial charge is 0.307 e. The van der Waals surface area contributed by atoms with E-state index in [9.17, 15) is 14.7 Å². The number of hydrogen-bond donors (Lipinski definition) is 1. The largest absolute Gasteiger partial charge is 0.481 e. The van der Waals surface area contributed by atoms with E-state index in [0.717, 1.165) is 18.4 Å². The molecule has 1 aromatic carbocycles. The lowest BCUT2D eigenvalue weighted by Gasteiger charge is -2.24. The molecule has 0 bridgehead atoms. The van der Waals surface area contributed by atoms with Crippen LogP contribution in [0.25, 0.3) is 0 Å². The van der Waals surface area contributed by atoms with Gasteiger partial charge in [0.25, 0.3) is 0 Å². The Morgan fingerprint density at radius 3 is 2.63 bits per heavy atom. The first-order valence-corrected chi connectivity index (χ1v) is 6.95. The molecule has 0 saturated heterocycles. The minimum absolute atomic E-state index is 0.0507. The summed E-state index contributed by atoms with van der Waals surface area (Å²) in [7, 11) is 0. The molecule has 100 valence electrons. The second-order valence-corrected chi connectivity index (χ2v) is 5.69. The number of Topliss-reactive ketones (excluding diaryl/α,β-unsaturated/α-hetero) is 1. The van der Waals surface area contributed by atoms with Gasteiger partial charge in [0.05, 0.1) is 11.3 Å². The van der Waals surface area contributed by atoms with Gasteiger partial charge in [-0.15, -0.1) is 0 Å². The fourth-order valence-electron chi connectivity index (χ4n) is 4.35. The first-order chi connectivity index (χ1) is 9.14. The Balaban J connectivity index is 2.03. The van der Waals surface area contributed by atoms with Crippen molar-refractivity contribution in [1.29, 1.82) is 0 Å². The lowest BCUT2D eigenvalue weighted by molar-refractivity contribution is -0.142. The molecule has 0 heterocycles. The number of benzene rings is 1. The maximum Gasteiger partial charge on any atom is 0.307 e. The minimum Gasteiger partial charge on any atom is -0.481 e. The van der Waals surface area contributed by atoms with Crippen LogP contribution in [0.15, 0.2) is 30.3 Å². The van der Waals surface area contributed by atoms with Gasteiger partial charge in [-0.1, -0.05) is 37.3 Å². The van der Waals surface area contributed by atoms with Crippen molar-refractivity contribution in [1.82, 2.24) is 0 Å². The molecule has 3 rings (SSSR count). The van der Waals surface area contributed by atoms with Gasteiger partial charge in [-0.3, -0.25) is 9.59 Å². The average Bonchev–Trinajstić information content (AvgIpc) is 2.98. The van der Waals surface area contributed by atoms with Gasteiger partial charge in [0.1, 0.15) is 5.78 Å². The van der Waals surface area contributed by atoms with Crippen molar-refractivity contribution in [3.63, 3.8) is 0 Å². The lowest BCUT2D eigenvalue weighted by atomic mass is 9.77. The maximum atomic E-state index is 12.4. The number of carbonyl (C=O) groups excluding carboxylic acids is 1. The Kier molecular flexibility index (Phi) is 2.73.